The Morgan fingerprint density at radius 1 is 1.29 bits per heavy atom. The molecule has 2 atom stereocenters. The third-order valence-corrected chi connectivity index (χ3v) is 4.62. The normalized spacial score (nSPS) is 22.1. The average Bonchev–Trinajstić information content (AvgIpc) is 2.50. The molecule has 1 aliphatic carbocycles. The highest BCUT2D eigenvalue weighted by Crippen LogP contribution is 2.39. The second-order valence-corrected chi connectivity index (χ2v) is 6.36. The summed E-state index contributed by atoms with van der Waals surface area (Å²) in [5.74, 6) is 1.98. The number of rotatable bonds is 6. The minimum atomic E-state index is 0.168. The van der Waals surface area contributed by atoms with Gasteiger partial charge in [-0.15, -0.1) is 11.6 Å². The molecule has 0 spiro atoms. The first-order valence-corrected chi connectivity index (χ1v) is 8.71. The summed E-state index contributed by atoms with van der Waals surface area (Å²) in [5, 5.41) is 0. The third-order valence-electron chi connectivity index (χ3n) is 3.72. The van der Waals surface area contributed by atoms with Crippen molar-refractivity contribution in [3.8, 4) is 11.5 Å². The zero-order valence-electron chi connectivity index (χ0n) is 12.5. The van der Waals surface area contributed by atoms with Crippen molar-refractivity contribution < 1.29 is 14.2 Å². The van der Waals surface area contributed by atoms with Crippen LogP contribution in [0.4, 0.5) is 0 Å². The first-order chi connectivity index (χ1) is 10.2. The smallest absolute Gasteiger partial charge is 0.175 e. The summed E-state index contributed by atoms with van der Waals surface area (Å²) in [6.07, 6.45) is 4.67. The Hall–Kier alpha value is -0.450. The van der Waals surface area contributed by atoms with Gasteiger partial charge in [0.25, 0.3) is 0 Å². The second-order valence-electron chi connectivity index (χ2n) is 5.24. The van der Waals surface area contributed by atoms with E-state index in [1.807, 2.05) is 19.1 Å². The minimum absolute atomic E-state index is 0.168. The van der Waals surface area contributed by atoms with Crippen LogP contribution in [0.1, 0.15) is 38.2 Å². The van der Waals surface area contributed by atoms with Gasteiger partial charge in [-0.1, -0.05) is 0 Å². The summed E-state index contributed by atoms with van der Waals surface area (Å²) in [6, 6.07) is 3.94. The fourth-order valence-corrected chi connectivity index (χ4v) is 3.40. The maximum atomic E-state index is 6.21. The van der Waals surface area contributed by atoms with E-state index in [0.717, 1.165) is 47.2 Å². The topological polar surface area (TPSA) is 27.7 Å². The van der Waals surface area contributed by atoms with Gasteiger partial charge in [0.2, 0.25) is 0 Å². The van der Waals surface area contributed by atoms with Crippen molar-refractivity contribution in [3.63, 3.8) is 0 Å². The molecule has 0 N–H and O–H groups in total. The first kappa shape index (κ1) is 16.9. The lowest BCUT2D eigenvalue weighted by molar-refractivity contribution is 0.0197. The van der Waals surface area contributed by atoms with E-state index >= 15 is 0 Å². The van der Waals surface area contributed by atoms with Crippen molar-refractivity contribution in [2.24, 2.45) is 0 Å². The molecule has 2 unspecified atom stereocenters. The van der Waals surface area contributed by atoms with Gasteiger partial charge in [0.1, 0.15) is 6.10 Å². The second kappa shape index (κ2) is 8.25. The number of hydrogen-bond acceptors (Lipinski definition) is 3. The van der Waals surface area contributed by atoms with Crippen molar-refractivity contribution in [2.75, 3.05) is 13.7 Å². The summed E-state index contributed by atoms with van der Waals surface area (Å²) in [7, 11) is 1.77. The zero-order chi connectivity index (χ0) is 15.2. The Morgan fingerprint density at radius 3 is 2.71 bits per heavy atom. The molecule has 0 radical (unpaired) electrons. The van der Waals surface area contributed by atoms with Crippen molar-refractivity contribution in [1.29, 1.82) is 0 Å². The molecule has 0 heterocycles. The molecule has 3 nitrogen and oxygen atoms in total. The molecule has 0 bridgehead atoms. The van der Waals surface area contributed by atoms with Crippen LogP contribution in [0.5, 0.6) is 11.5 Å². The molecule has 0 saturated heterocycles. The quantitative estimate of drug-likeness (QED) is 0.658. The predicted octanol–water partition coefficient (Wildman–Crippen LogP) is 4.92. The maximum absolute atomic E-state index is 6.21. The molecule has 0 aromatic heterocycles. The van der Waals surface area contributed by atoms with E-state index in [0.29, 0.717) is 18.6 Å². The van der Waals surface area contributed by atoms with Gasteiger partial charge < -0.3 is 14.2 Å². The molecule has 1 fully saturated rings. The van der Waals surface area contributed by atoms with Gasteiger partial charge in [0, 0.05) is 19.4 Å². The van der Waals surface area contributed by atoms with Gasteiger partial charge in [0.05, 0.1) is 17.2 Å². The number of hydrogen-bond donors (Lipinski definition) is 0. The summed E-state index contributed by atoms with van der Waals surface area (Å²) < 4.78 is 18.3. The summed E-state index contributed by atoms with van der Waals surface area (Å²) >= 11 is 9.49. The largest absolute Gasteiger partial charge is 0.490 e. The highest BCUT2D eigenvalue weighted by Gasteiger charge is 2.25. The highest BCUT2D eigenvalue weighted by atomic mass is 79.9. The Balaban J connectivity index is 2.17. The van der Waals surface area contributed by atoms with E-state index in [1.165, 1.54) is 0 Å². The summed E-state index contributed by atoms with van der Waals surface area (Å²) in [5.41, 5.74) is 1.01. The van der Waals surface area contributed by atoms with Crippen LogP contribution in [0.3, 0.4) is 0 Å². The van der Waals surface area contributed by atoms with Crippen molar-refractivity contribution in [3.05, 3.63) is 22.2 Å². The Morgan fingerprint density at radius 2 is 2.05 bits per heavy atom. The fraction of sp³-hybridized carbons (Fsp3) is 0.625. The minimum Gasteiger partial charge on any atom is -0.490 e. The number of methoxy groups -OCH3 is 1. The van der Waals surface area contributed by atoms with Crippen LogP contribution in [0, 0.1) is 0 Å². The molecule has 5 heteroatoms. The van der Waals surface area contributed by atoms with Gasteiger partial charge in [-0.2, -0.15) is 0 Å². The lowest BCUT2D eigenvalue weighted by atomic mass is 9.95. The van der Waals surface area contributed by atoms with Crippen molar-refractivity contribution in [2.45, 2.75) is 50.7 Å². The summed E-state index contributed by atoms with van der Waals surface area (Å²) in [6.45, 7) is 2.56. The monoisotopic (exact) mass is 376 g/mol. The number of ether oxygens (including phenoxy) is 3. The van der Waals surface area contributed by atoms with Gasteiger partial charge in [-0.25, -0.2) is 0 Å². The van der Waals surface area contributed by atoms with E-state index in [4.69, 9.17) is 25.8 Å². The van der Waals surface area contributed by atoms with Crippen LogP contribution in [-0.4, -0.2) is 25.9 Å². The van der Waals surface area contributed by atoms with Crippen LogP contribution in [-0.2, 0) is 10.6 Å². The third kappa shape index (κ3) is 4.51. The lowest BCUT2D eigenvalue weighted by Crippen LogP contribution is -2.29. The molecule has 1 saturated carbocycles. The first-order valence-electron chi connectivity index (χ1n) is 7.38. The predicted molar refractivity (Wildman–Crippen MR) is 88.5 cm³/mol. The highest BCUT2D eigenvalue weighted by molar-refractivity contribution is 9.10. The van der Waals surface area contributed by atoms with E-state index in [9.17, 15) is 0 Å². The molecular weight excluding hydrogens is 356 g/mol. The Bertz CT molecular complexity index is 467. The van der Waals surface area contributed by atoms with Crippen LogP contribution >= 0.6 is 27.5 Å². The van der Waals surface area contributed by atoms with Crippen LogP contribution in [0.15, 0.2) is 16.6 Å². The van der Waals surface area contributed by atoms with E-state index < -0.39 is 0 Å². The van der Waals surface area contributed by atoms with Crippen molar-refractivity contribution >= 4 is 27.5 Å². The maximum Gasteiger partial charge on any atom is 0.175 e. The Kier molecular flexibility index (Phi) is 6.65. The molecule has 1 aromatic rings. The zero-order valence-corrected chi connectivity index (χ0v) is 14.9. The van der Waals surface area contributed by atoms with Gasteiger partial charge in [-0.3, -0.25) is 0 Å². The molecule has 0 amide bonds. The van der Waals surface area contributed by atoms with E-state index in [1.54, 1.807) is 7.11 Å². The number of halogens is 2. The van der Waals surface area contributed by atoms with Gasteiger partial charge >= 0.3 is 0 Å². The average molecular weight is 378 g/mol. The number of alkyl halides is 1. The molecular formula is C16H22BrClO3. The SMILES string of the molecule is CCOc1cc(CCl)cc(Br)c1OC1CCCC(OC)C1. The molecule has 0 aliphatic heterocycles. The summed E-state index contributed by atoms with van der Waals surface area (Å²) in [4.78, 5) is 0. The van der Waals surface area contributed by atoms with Crippen LogP contribution in [0.2, 0.25) is 0 Å². The van der Waals surface area contributed by atoms with E-state index in [-0.39, 0.29) is 6.10 Å². The van der Waals surface area contributed by atoms with Gasteiger partial charge in [0.15, 0.2) is 11.5 Å². The van der Waals surface area contributed by atoms with Crippen LogP contribution in [0.25, 0.3) is 0 Å². The molecule has 1 aromatic carbocycles. The molecule has 2 rings (SSSR count). The van der Waals surface area contributed by atoms with Crippen LogP contribution < -0.4 is 9.47 Å². The lowest BCUT2D eigenvalue weighted by Gasteiger charge is -2.29. The standard InChI is InChI=1S/C16H22BrClO3/c1-3-20-15-8-11(10-18)7-14(17)16(15)21-13-6-4-5-12(9-13)19-2/h7-8,12-13H,3-6,9-10H2,1-2H3. The van der Waals surface area contributed by atoms with Gasteiger partial charge in [-0.05, 0) is 59.8 Å². The number of benzene rings is 1. The molecule has 118 valence electrons. The van der Waals surface area contributed by atoms with Crippen molar-refractivity contribution in [1.82, 2.24) is 0 Å². The van der Waals surface area contributed by atoms with E-state index in [2.05, 4.69) is 15.9 Å². The Labute approximate surface area is 140 Å². The fourth-order valence-electron chi connectivity index (χ4n) is 2.67. The molecule has 21 heavy (non-hydrogen) atoms. The molecule has 1 aliphatic rings.